The van der Waals surface area contributed by atoms with Gasteiger partial charge in [0, 0.05) is 36.1 Å². The van der Waals surface area contributed by atoms with Gasteiger partial charge in [-0.2, -0.15) is 13.2 Å². The van der Waals surface area contributed by atoms with E-state index in [1.807, 2.05) is 35.7 Å². The molecule has 0 unspecified atom stereocenters. The Balaban J connectivity index is 1.80. The molecule has 204 valence electrons. The van der Waals surface area contributed by atoms with Gasteiger partial charge < -0.3 is 15.7 Å². The van der Waals surface area contributed by atoms with Gasteiger partial charge in [-0.1, -0.05) is 37.8 Å². The number of imidazole rings is 1. The van der Waals surface area contributed by atoms with E-state index in [1.54, 1.807) is 31.3 Å². The number of hydrogen-bond acceptors (Lipinski definition) is 4. The minimum atomic E-state index is -4.29. The highest BCUT2D eigenvalue weighted by Crippen LogP contribution is 2.32. The van der Waals surface area contributed by atoms with Crippen LogP contribution in [0.15, 0.2) is 61.4 Å². The lowest BCUT2D eigenvalue weighted by Crippen LogP contribution is -2.15. The Labute approximate surface area is 225 Å². The fourth-order valence-corrected chi connectivity index (χ4v) is 4.54. The summed E-state index contributed by atoms with van der Waals surface area (Å²) >= 11 is 0. The van der Waals surface area contributed by atoms with Crippen molar-refractivity contribution >= 4 is 23.0 Å². The third kappa shape index (κ3) is 6.25. The van der Waals surface area contributed by atoms with Crippen LogP contribution >= 0.6 is 0 Å². The summed E-state index contributed by atoms with van der Waals surface area (Å²) in [6.07, 6.45) is -0.725. The number of aromatic carboxylic acids is 1. The fourth-order valence-electron chi connectivity index (χ4n) is 4.54. The van der Waals surface area contributed by atoms with Crippen molar-refractivity contribution < 1.29 is 23.1 Å². The molecule has 0 bridgehead atoms. The molecule has 2 heterocycles. The van der Waals surface area contributed by atoms with E-state index in [4.69, 9.17) is 0 Å². The molecule has 6 nitrogen and oxygen atoms in total. The van der Waals surface area contributed by atoms with Gasteiger partial charge in [-0.25, -0.2) is 9.78 Å². The molecule has 0 fully saturated rings. The minimum Gasteiger partial charge on any atom is -0.478 e. The van der Waals surface area contributed by atoms with E-state index >= 15 is 0 Å². The van der Waals surface area contributed by atoms with Crippen molar-refractivity contribution in [2.75, 3.05) is 18.4 Å². The largest absolute Gasteiger partial charge is 0.478 e. The number of alkyl halides is 3. The first-order valence-corrected chi connectivity index (χ1v) is 12.7. The van der Waals surface area contributed by atoms with Gasteiger partial charge in [-0.05, 0) is 60.7 Å². The molecule has 39 heavy (non-hydrogen) atoms. The average molecular weight is 537 g/mol. The first kappa shape index (κ1) is 27.8. The lowest BCUT2D eigenvalue weighted by Gasteiger charge is -2.15. The van der Waals surface area contributed by atoms with Crippen LogP contribution < -0.4 is 10.6 Å². The molecule has 0 aliphatic rings. The van der Waals surface area contributed by atoms with Gasteiger partial charge in [0.25, 0.3) is 0 Å². The van der Waals surface area contributed by atoms with Crippen molar-refractivity contribution in [2.24, 2.45) is 0 Å². The zero-order chi connectivity index (χ0) is 28.3. The van der Waals surface area contributed by atoms with Gasteiger partial charge in [0.1, 0.15) is 0 Å². The van der Waals surface area contributed by atoms with Crippen molar-refractivity contribution in [3.8, 4) is 22.4 Å². The van der Waals surface area contributed by atoms with Crippen LogP contribution in [0, 0.1) is 13.8 Å². The van der Waals surface area contributed by atoms with Crippen LogP contribution in [0.2, 0.25) is 0 Å². The summed E-state index contributed by atoms with van der Waals surface area (Å²) in [6, 6.07) is 12.7. The van der Waals surface area contributed by atoms with Crippen molar-refractivity contribution in [1.29, 1.82) is 0 Å². The second-order valence-electron chi connectivity index (χ2n) is 9.54. The molecule has 2 aromatic heterocycles. The van der Waals surface area contributed by atoms with Crippen molar-refractivity contribution in [3.63, 3.8) is 0 Å². The molecule has 0 aliphatic heterocycles. The highest BCUT2D eigenvalue weighted by Gasteiger charge is 2.26. The SMILES string of the molecule is C=C(NCCC)c1ccc(-c2cnc3c(NCCC(F)(F)F)cc(-c4ccc(C(=O)O)c(C)c4)cn23)cc1C. The Bertz CT molecular complexity index is 1540. The number of pyridine rings is 1. The van der Waals surface area contributed by atoms with E-state index in [-0.39, 0.29) is 12.1 Å². The van der Waals surface area contributed by atoms with E-state index in [1.165, 1.54) is 6.07 Å². The number of anilines is 1. The molecule has 4 aromatic rings. The Kier molecular flexibility index (Phi) is 7.99. The number of nitrogens with zero attached hydrogens (tertiary/aromatic N) is 2. The molecule has 0 atom stereocenters. The van der Waals surface area contributed by atoms with Gasteiger partial charge in [-0.3, -0.25) is 4.40 Å². The molecule has 9 heteroatoms. The monoisotopic (exact) mass is 536 g/mol. The van der Waals surface area contributed by atoms with Crippen LogP contribution in [0.5, 0.6) is 0 Å². The van der Waals surface area contributed by atoms with Crippen LogP contribution in [0.25, 0.3) is 33.7 Å². The van der Waals surface area contributed by atoms with Crippen molar-refractivity contribution in [2.45, 2.75) is 39.8 Å². The Morgan fingerprint density at radius 3 is 2.31 bits per heavy atom. The quantitative estimate of drug-likeness (QED) is 0.198. The van der Waals surface area contributed by atoms with Gasteiger partial charge >= 0.3 is 12.1 Å². The third-order valence-corrected chi connectivity index (χ3v) is 6.56. The number of nitrogens with one attached hydrogen (secondary N) is 2. The lowest BCUT2D eigenvalue weighted by molar-refractivity contribution is -0.131. The maximum atomic E-state index is 12.9. The smallest absolute Gasteiger partial charge is 0.390 e. The maximum Gasteiger partial charge on any atom is 0.390 e. The van der Waals surface area contributed by atoms with Crippen LogP contribution in [0.4, 0.5) is 18.9 Å². The summed E-state index contributed by atoms with van der Waals surface area (Å²) in [5.41, 5.74) is 7.70. The third-order valence-electron chi connectivity index (χ3n) is 6.56. The number of carboxylic acid groups (broad SMARTS) is 1. The number of carbonyl (C=O) groups is 1. The first-order valence-electron chi connectivity index (χ1n) is 12.7. The summed E-state index contributed by atoms with van der Waals surface area (Å²) in [5, 5.41) is 15.6. The summed E-state index contributed by atoms with van der Waals surface area (Å²) in [5.74, 6) is -1.02. The number of hydrogen-bond donors (Lipinski definition) is 3. The number of halogens is 3. The predicted molar refractivity (Wildman–Crippen MR) is 149 cm³/mol. The molecule has 0 radical (unpaired) electrons. The molecule has 0 aliphatic carbocycles. The van der Waals surface area contributed by atoms with E-state index in [0.29, 0.717) is 22.5 Å². The summed E-state index contributed by atoms with van der Waals surface area (Å²) in [6.45, 7) is 10.5. The lowest BCUT2D eigenvalue weighted by atomic mass is 10.00. The number of fused-ring (bicyclic) bond motifs is 1. The van der Waals surface area contributed by atoms with Gasteiger partial charge in [-0.15, -0.1) is 0 Å². The van der Waals surface area contributed by atoms with Crippen LogP contribution in [-0.4, -0.2) is 39.7 Å². The van der Waals surface area contributed by atoms with E-state index < -0.39 is 18.6 Å². The molecule has 0 saturated heterocycles. The van der Waals surface area contributed by atoms with Crippen molar-refractivity contribution in [1.82, 2.24) is 14.7 Å². The zero-order valence-corrected chi connectivity index (χ0v) is 22.1. The molecule has 0 saturated carbocycles. The fraction of sp³-hybridized carbons (Fsp3) is 0.267. The van der Waals surface area contributed by atoms with Gasteiger partial charge in [0.15, 0.2) is 5.65 Å². The highest BCUT2D eigenvalue weighted by molar-refractivity contribution is 5.90. The number of aryl methyl sites for hydroxylation is 2. The summed E-state index contributed by atoms with van der Waals surface area (Å²) < 4.78 is 40.4. The normalized spacial score (nSPS) is 11.5. The second kappa shape index (κ2) is 11.2. The van der Waals surface area contributed by atoms with E-state index in [2.05, 4.69) is 29.1 Å². The molecule has 2 aromatic carbocycles. The Morgan fingerprint density at radius 2 is 1.67 bits per heavy atom. The van der Waals surface area contributed by atoms with Crippen LogP contribution in [-0.2, 0) is 0 Å². The van der Waals surface area contributed by atoms with Crippen LogP contribution in [0.1, 0.15) is 46.8 Å². The maximum absolute atomic E-state index is 12.9. The number of carboxylic acids is 1. The first-order chi connectivity index (χ1) is 18.5. The number of aromatic nitrogens is 2. The molecule has 4 rings (SSSR count). The summed E-state index contributed by atoms with van der Waals surface area (Å²) in [7, 11) is 0. The number of benzene rings is 2. The second-order valence-corrected chi connectivity index (χ2v) is 9.54. The van der Waals surface area contributed by atoms with Gasteiger partial charge in [0.05, 0.1) is 29.6 Å². The molecule has 3 N–H and O–H groups in total. The minimum absolute atomic E-state index is 0.192. The number of rotatable bonds is 10. The predicted octanol–water partition coefficient (Wildman–Crippen LogP) is 7.32. The van der Waals surface area contributed by atoms with Gasteiger partial charge in [0.2, 0.25) is 0 Å². The molecular formula is C30H31F3N4O2. The summed E-state index contributed by atoms with van der Waals surface area (Å²) in [4.78, 5) is 16.0. The molecule has 0 amide bonds. The molecule has 0 spiro atoms. The highest BCUT2D eigenvalue weighted by atomic mass is 19.4. The topological polar surface area (TPSA) is 78.7 Å². The Hall–Kier alpha value is -4.27. The average Bonchev–Trinajstić information content (AvgIpc) is 3.30. The zero-order valence-electron chi connectivity index (χ0n) is 22.1. The Morgan fingerprint density at radius 1 is 1.00 bits per heavy atom. The van der Waals surface area contributed by atoms with E-state index in [9.17, 15) is 23.1 Å². The van der Waals surface area contributed by atoms with Crippen molar-refractivity contribution in [3.05, 3.63) is 83.7 Å². The van der Waals surface area contributed by atoms with E-state index in [0.717, 1.165) is 46.6 Å². The standard InChI is InChI=1S/C30H31F3N4O2/c1-5-11-34-20(4)24-8-7-22(14-18(24)2)27-16-36-28-26(35-12-10-30(31,32)33)15-23(17-37(27)28)21-6-9-25(29(38)39)19(3)13-21/h6-9,13-17,34-35H,4-5,10-12H2,1-3H3,(H,38,39). The van der Waals surface area contributed by atoms with Crippen LogP contribution in [0.3, 0.4) is 0 Å². The molecular weight excluding hydrogens is 505 g/mol.